The van der Waals surface area contributed by atoms with Crippen LogP contribution >= 0.6 is 11.8 Å². The molecule has 0 aliphatic carbocycles. The van der Waals surface area contributed by atoms with Gasteiger partial charge in [0.1, 0.15) is 5.82 Å². The van der Waals surface area contributed by atoms with Gasteiger partial charge >= 0.3 is 0 Å². The van der Waals surface area contributed by atoms with Crippen molar-refractivity contribution in [2.45, 2.75) is 17.7 Å². The van der Waals surface area contributed by atoms with E-state index in [1.807, 2.05) is 6.07 Å². The standard InChI is InChI=1S/C12H16FNS/c13-11-2-1-3-12(8-11)15-9-10-4-6-14-7-5-10/h1-3,8,10,14H,4-7,9H2. The Bertz CT molecular complexity index is 310. The van der Waals surface area contributed by atoms with E-state index in [4.69, 9.17) is 0 Å². The third kappa shape index (κ3) is 3.50. The van der Waals surface area contributed by atoms with Crippen molar-refractivity contribution >= 4 is 11.8 Å². The molecule has 1 N–H and O–H groups in total. The second-order valence-corrected chi connectivity index (χ2v) is 5.06. The molecule has 3 heteroatoms. The second-order valence-electron chi connectivity index (χ2n) is 3.96. The highest BCUT2D eigenvalue weighted by atomic mass is 32.2. The highest BCUT2D eigenvalue weighted by molar-refractivity contribution is 7.99. The molecule has 1 heterocycles. The largest absolute Gasteiger partial charge is 0.317 e. The van der Waals surface area contributed by atoms with Crippen LogP contribution in [-0.2, 0) is 0 Å². The van der Waals surface area contributed by atoms with Gasteiger partial charge in [-0.3, -0.25) is 0 Å². The smallest absolute Gasteiger partial charge is 0.124 e. The number of rotatable bonds is 3. The lowest BCUT2D eigenvalue weighted by Gasteiger charge is -2.21. The Morgan fingerprint density at radius 1 is 1.33 bits per heavy atom. The number of piperidine rings is 1. The Balaban J connectivity index is 1.81. The number of hydrogen-bond acceptors (Lipinski definition) is 2. The predicted octanol–water partition coefficient (Wildman–Crippen LogP) is 2.92. The van der Waals surface area contributed by atoms with Crippen LogP contribution < -0.4 is 5.32 Å². The van der Waals surface area contributed by atoms with Crippen LogP contribution in [0.25, 0.3) is 0 Å². The first-order chi connectivity index (χ1) is 7.34. The molecular weight excluding hydrogens is 209 g/mol. The summed E-state index contributed by atoms with van der Waals surface area (Å²) in [6, 6.07) is 6.87. The fourth-order valence-electron chi connectivity index (χ4n) is 1.82. The third-order valence-corrected chi connectivity index (χ3v) is 3.97. The molecule has 1 aromatic rings. The molecule has 1 aliphatic rings. The van der Waals surface area contributed by atoms with E-state index in [0.29, 0.717) is 0 Å². The summed E-state index contributed by atoms with van der Waals surface area (Å²) >= 11 is 1.77. The van der Waals surface area contributed by atoms with E-state index in [1.54, 1.807) is 23.9 Å². The third-order valence-electron chi connectivity index (χ3n) is 2.74. The van der Waals surface area contributed by atoms with E-state index in [-0.39, 0.29) is 5.82 Å². The van der Waals surface area contributed by atoms with Crippen molar-refractivity contribution in [1.29, 1.82) is 0 Å². The van der Waals surface area contributed by atoms with Gasteiger partial charge in [-0.1, -0.05) is 6.07 Å². The van der Waals surface area contributed by atoms with Crippen LogP contribution in [0.5, 0.6) is 0 Å². The van der Waals surface area contributed by atoms with Crippen molar-refractivity contribution in [2.24, 2.45) is 5.92 Å². The summed E-state index contributed by atoms with van der Waals surface area (Å²) in [5.74, 6) is 1.77. The molecule has 82 valence electrons. The monoisotopic (exact) mass is 225 g/mol. The average molecular weight is 225 g/mol. The minimum atomic E-state index is -0.134. The van der Waals surface area contributed by atoms with Crippen molar-refractivity contribution in [3.63, 3.8) is 0 Å². The van der Waals surface area contributed by atoms with Gasteiger partial charge < -0.3 is 5.32 Å². The predicted molar refractivity (Wildman–Crippen MR) is 62.7 cm³/mol. The van der Waals surface area contributed by atoms with Crippen LogP contribution in [0.15, 0.2) is 29.2 Å². The summed E-state index contributed by atoms with van der Waals surface area (Å²) in [7, 11) is 0. The SMILES string of the molecule is Fc1cccc(SCC2CCNCC2)c1. The van der Waals surface area contributed by atoms with E-state index < -0.39 is 0 Å². The molecule has 0 saturated carbocycles. The maximum atomic E-state index is 12.9. The molecule has 1 aliphatic heterocycles. The highest BCUT2D eigenvalue weighted by Gasteiger charge is 2.12. The maximum absolute atomic E-state index is 12.9. The van der Waals surface area contributed by atoms with Crippen LogP contribution in [0.3, 0.4) is 0 Å². The molecule has 0 radical (unpaired) electrons. The zero-order valence-corrected chi connectivity index (χ0v) is 9.52. The molecule has 0 bridgehead atoms. The van der Waals surface area contributed by atoms with Crippen LogP contribution in [0, 0.1) is 11.7 Å². The van der Waals surface area contributed by atoms with E-state index in [2.05, 4.69) is 5.32 Å². The Hall–Kier alpha value is -0.540. The van der Waals surface area contributed by atoms with E-state index >= 15 is 0 Å². The Morgan fingerprint density at radius 2 is 2.13 bits per heavy atom. The molecular formula is C12H16FNS. The summed E-state index contributed by atoms with van der Waals surface area (Å²) in [5.41, 5.74) is 0. The van der Waals surface area contributed by atoms with Crippen molar-refractivity contribution in [1.82, 2.24) is 5.32 Å². The first-order valence-corrected chi connectivity index (χ1v) is 6.42. The quantitative estimate of drug-likeness (QED) is 0.794. The first-order valence-electron chi connectivity index (χ1n) is 5.44. The van der Waals surface area contributed by atoms with Crippen molar-refractivity contribution in [2.75, 3.05) is 18.8 Å². The molecule has 15 heavy (non-hydrogen) atoms. The lowest BCUT2D eigenvalue weighted by atomic mass is 10.0. The van der Waals surface area contributed by atoms with Gasteiger partial charge in [0.15, 0.2) is 0 Å². The topological polar surface area (TPSA) is 12.0 Å². The highest BCUT2D eigenvalue weighted by Crippen LogP contribution is 2.24. The van der Waals surface area contributed by atoms with Crippen LogP contribution in [0.4, 0.5) is 4.39 Å². The second kappa shape index (κ2) is 5.52. The van der Waals surface area contributed by atoms with Gasteiger partial charge in [-0.05, 0) is 50.0 Å². The normalized spacial score (nSPS) is 17.9. The minimum Gasteiger partial charge on any atom is -0.317 e. The Labute approximate surface area is 94.5 Å². The maximum Gasteiger partial charge on any atom is 0.124 e. The molecule has 1 fully saturated rings. The minimum absolute atomic E-state index is 0.134. The van der Waals surface area contributed by atoms with Crippen LogP contribution in [0.2, 0.25) is 0 Å². The van der Waals surface area contributed by atoms with Crippen LogP contribution in [-0.4, -0.2) is 18.8 Å². The molecule has 1 saturated heterocycles. The molecule has 0 amide bonds. The molecule has 0 atom stereocenters. The molecule has 0 spiro atoms. The van der Waals surface area contributed by atoms with E-state index in [0.717, 1.165) is 29.7 Å². The van der Waals surface area contributed by atoms with Gasteiger partial charge in [0, 0.05) is 10.6 Å². The number of benzene rings is 1. The summed E-state index contributed by atoms with van der Waals surface area (Å²) in [4.78, 5) is 1.05. The molecule has 0 aromatic heterocycles. The van der Waals surface area contributed by atoms with Crippen molar-refractivity contribution < 1.29 is 4.39 Å². The van der Waals surface area contributed by atoms with Gasteiger partial charge in [-0.2, -0.15) is 0 Å². The van der Waals surface area contributed by atoms with Crippen molar-refractivity contribution in [3.8, 4) is 0 Å². The molecule has 1 nitrogen and oxygen atoms in total. The van der Waals surface area contributed by atoms with Gasteiger partial charge in [0.05, 0.1) is 0 Å². The number of hydrogen-bond donors (Lipinski definition) is 1. The lowest BCUT2D eigenvalue weighted by molar-refractivity contribution is 0.408. The number of halogens is 1. The van der Waals surface area contributed by atoms with E-state index in [9.17, 15) is 4.39 Å². The average Bonchev–Trinajstić information content (AvgIpc) is 2.28. The van der Waals surface area contributed by atoms with Crippen molar-refractivity contribution in [3.05, 3.63) is 30.1 Å². The Morgan fingerprint density at radius 3 is 2.87 bits per heavy atom. The first kappa shape index (κ1) is 11.0. The molecule has 2 rings (SSSR count). The zero-order chi connectivity index (χ0) is 10.5. The molecule has 1 aromatic carbocycles. The van der Waals surface area contributed by atoms with Gasteiger partial charge in [0.2, 0.25) is 0 Å². The van der Waals surface area contributed by atoms with Gasteiger partial charge in [0.25, 0.3) is 0 Å². The van der Waals surface area contributed by atoms with Gasteiger partial charge in [-0.25, -0.2) is 4.39 Å². The number of nitrogens with one attached hydrogen (secondary N) is 1. The summed E-state index contributed by atoms with van der Waals surface area (Å²) in [6.45, 7) is 2.27. The summed E-state index contributed by atoms with van der Waals surface area (Å²) < 4.78 is 12.9. The summed E-state index contributed by atoms with van der Waals surface area (Å²) in [6.07, 6.45) is 2.50. The van der Waals surface area contributed by atoms with E-state index in [1.165, 1.54) is 18.9 Å². The number of thioether (sulfide) groups is 1. The summed E-state index contributed by atoms with van der Waals surface area (Å²) in [5, 5.41) is 3.35. The Kier molecular flexibility index (Phi) is 4.03. The fourth-order valence-corrected chi connectivity index (χ4v) is 2.95. The van der Waals surface area contributed by atoms with Gasteiger partial charge in [-0.15, -0.1) is 11.8 Å². The van der Waals surface area contributed by atoms with Crippen LogP contribution in [0.1, 0.15) is 12.8 Å². The zero-order valence-electron chi connectivity index (χ0n) is 8.71. The lowest BCUT2D eigenvalue weighted by Crippen LogP contribution is -2.28. The molecule has 0 unspecified atom stereocenters. The fraction of sp³-hybridized carbons (Fsp3) is 0.500.